The number of ether oxygens (including phenoxy) is 1. The maximum atomic E-state index is 12.5. The fraction of sp³-hybridized carbons (Fsp3) is 0.375. The summed E-state index contributed by atoms with van der Waals surface area (Å²) >= 11 is 1.29. The lowest BCUT2D eigenvalue weighted by molar-refractivity contribution is 0.102. The standard InChI is InChI=1S/C16H21N3O4S2/c1-6-23-13-8-7-12(9-14(13)25(21,22)19(4)5)18-16(20)15-10(2)17-11(3)24-15/h7-9H,6H2,1-5H3,(H,18,20). The summed E-state index contributed by atoms with van der Waals surface area (Å²) in [5.41, 5.74) is 1.02. The average molecular weight is 383 g/mol. The second kappa shape index (κ2) is 7.51. The minimum Gasteiger partial charge on any atom is -0.492 e. The molecule has 0 aliphatic heterocycles. The van der Waals surface area contributed by atoms with Crippen LogP contribution in [0.15, 0.2) is 23.1 Å². The van der Waals surface area contributed by atoms with E-state index in [9.17, 15) is 13.2 Å². The van der Waals surface area contributed by atoms with Crippen molar-refractivity contribution in [3.8, 4) is 5.75 Å². The fourth-order valence-electron chi connectivity index (χ4n) is 2.19. The molecule has 0 aliphatic carbocycles. The smallest absolute Gasteiger partial charge is 0.267 e. The van der Waals surface area contributed by atoms with E-state index >= 15 is 0 Å². The van der Waals surface area contributed by atoms with E-state index in [-0.39, 0.29) is 16.6 Å². The van der Waals surface area contributed by atoms with Gasteiger partial charge in [0, 0.05) is 19.8 Å². The highest BCUT2D eigenvalue weighted by Gasteiger charge is 2.23. The second-order valence-corrected chi connectivity index (χ2v) is 8.81. The Kier molecular flexibility index (Phi) is 5.81. The Balaban J connectivity index is 2.40. The van der Waals surface area contributed by atoms with Crippen LogP contribution in [0.5, 0.6) is 5.75 Å². The number of nitrogens with one attached hydrogen (secondary N) is 1. The number of aromatic nitrogens is 1. The first-order chi connectivity index (χ1) is 11.7. The molecule has 0 aliphatic rings. The van der Waals surface area contributed by atoms with Crippen LogP contribution in [0, 0.1) is 13.8 Å². The van der Waals surface area contributed by atoms with Crippen molar-refractivity contribution < 1.29 is 17.9 Å². The van der Waals surface area contributed by atoms with Gasteiger partial charge in [-0.2, -0.15) is 0 Å². The molecule has 2 aromatic rings. The molecule has 1 amide bonds. The van der Waals surface area contributed by atoms with E-state index in [2.05, 4.69) is 10.3 Å². The van der Waals surface area contributed by atoms with Gasteiger partial charge in [0.2, 0.25) is 10.0 Å². The number of anilines is 1. The lowest BCUT2D eigenvalue weighted by Crippen LogP contribution is -2.23. The molecule has 1 aromatic heterocycles. The van der Waals surface area contributed by atoms with Gasteiger partial charge in [-0.3, -0.25) is 4.79 Å². The number of rotatable bonds is 6. The molecule has 1 aromatic carbocycles. The molecule has 0 saturated heterocycles. The fourth-order valence-corrected chi connectivity index (χ4v) is 4.05. The Hall–Kier alpha value is -1.97. The normalized spacial score (nSPS) is 11.6. The molecule has 136 valence electrons. The molecule has 0 spiro atoms. The van der Waals surface area contributed by atoms with Crippen LogP contribution in [-0.4, -0.2) is 44.3 Å². The Morgan fingerprint density at radius 3 is 2.52 bits per heavy atom. The number of aryl methyl sites for hydroxylation is 2. The molecule has 0 bridgehead atoms. The van der Waals surface area contributed by atoms with E-state index in [0.717, 1.165) is 9.31 Å². The quantitative estimate of drug-likeness (QED) is 0.828. The molecule has 1 N–H and O–H groups in total. The molecule has 0 fully saturated rings. The highest BCUT2D eigenvalue weighted by atomic mass is 32.2. The number of nitrogens with zero attached hydrogens (tertiary/aromatic N) is 2. The third-order valence-electron chi connectivity index (χ3n) is 3.37. The van der Waals surface area contributed by atoms with Gasteiger partial charge in [-0.25, -0.2) is 17.7 Å². The minimum atomic E-state index is -3.71. The summed E-state index contributed by atoms with van der Waals surface area (Å²) in [4.78, 5) is 17.2. The zero-order valence-corrected chi connectivity index (χ0v) is 16.4. The predicted octanol–water partition coefficient (Wildman–Crippen LogP) is 2.66. The number of benzene rings is 1. The number of hydrogen-bond acceptors (Lipinski definition) is 6. The van der Waals surface area contributed by atoms with Gasteiger partial charge in [0.15, 0.2) is 0 Å². The molecular weight excluding hydrogens is 362 g/mol. The topological polar surface area (TPSA) is 88.6 Å². The first-order valence-corrected chi connectivity index (χ1v) is 9.87. The monoisotopic (exact) mass is 383 g/mol. The molecular formula is C16H21N3O4S2. The number of amides is 1. The molecule has 2 rings (SSSR count). The van der Waals surface area contributed by atoms with E-state index in [1.165, 1.54) is 31.5 Å². The predicted molar refractivity (Wildman–Crippen MR) is 98.0 cm³/mol. The van der Waals surface area contributed by atoms with Gasteiger partial charge >= 0.3 is 0 Å². The number of thiazole rings is 1. The lowest BCUT2D eigenvalue weighted by atomic mass is 10.3. The lowest BCUT2D eigenvalue weighted by Gasteiger charge is -2.16. The minimum absolute atomic E-state index is 0.00866. The van der Waals surface area contributed by atoms with Crippen LogP contribution in [-0.2, 0) is 10.0 Å². The third-order valence-corrected chi connectivity index (χ3v) is 6.28. The van der Waals surface area contributed by atoms with E-state index in [1.54, 1.807) is 26.0 Å². The molecule has 7 nitrogen and oxygen atoms in total. The van der Waals surface area contributed by atoms with Crippen molar-refractivity contribution in [1.29, 1.82) is 0 Å². The Morgan fingerprint density at radius 1 is 1.32 bits per heavy atom. The highest BCUT2D eigenvalue weighted by Crippen LogP contribution is 2.30. The van der Waals surface area contributed by atoms with E-state index in [0.29, 0.717) is 22.9 Å². The zero-order valence-electron chi connectivity index (χ0n) is 14.8. The Morgan fingerprint density at radius 2 is 2.00 bits per heavy atom. The maximum Gasteiger partial charge on any atom is 0.267 e. The molecule has 1 heterocycles. The summed E-state index contributed by atoms with van der Waals surface area (Å²) in [6.45, 7) is 5.70. The van der Waals surface area contributed by atoms with E-state index in [1.807, 2.05) is 6.92 Å². The van der Waals surface area contributed by atoms with Gasteiger partial charge in [-0.1, -0.05) is 0 Å². The highest BCUT2D eigenvalue weighted by molar-refractivity contribution is 7.89. The van der Waals surface area contributed by atoms with Gasteiger partial charge in [0.25, 0.3) is 5.91 Å². The van der Waals surface area contributed by atoms with Crippen LogP contribution in [0.1, 0.15) is 27.3 Å². The molecule has 0 atom stereocenters. The van der Waals surface area contributed by atoms with Gasteiger partial charge in [-0.05, 0) is 39.0 Å². The summed E-state index contributed by atoms with van der Waals surface area (Å²) in [7, 11) is -0.821. The molecule has 0 saturated carbocycles. The van der Waals surface area contributed by atoms with Gasteiger partial charge in [-0.15, -0.1) is 11.3 Å². The molecule has 0 unspecified atom stereocenters. The van der Waals surface area contributed by atoms with Crippen LogP contribution in [0.4, 0.5) is 5.69 Å². The van der Waals surface area contributed by atoms with Crippen LogP contribution < -0.4 is 10.1 Å². The van der Waals surface area contributed by atoms with Crippen molar-refractivity contribution in [2.75, 3.05) is 26.0 Å². The van der Waals surface area contributed by atoms with Crippen molar-refractivity contribution in [3.63, 3.8) is 0 Å². The van der Waals surface area contributed by atoms with Crippen molar-refractivity contribution >= 4 is 33.0 Å². The summed E-state index contributed by atoms with van der Waals surface area (Å²) in [6.07, 6.45) is 0. The van der Waals surface area contributed by atoms with Crippen molar-refractivity contribution in [2.24, 2.45) is 0 Å². The summed E-state index contributed by atoms with van der Waals surface area (Å²) < 4.78 is 31.6. The summed E-state index contributed by atoms with van der Waals surface area (Å²) in [5, 5.41) is 3.52. The maximum absolute atomic E-state index is 12.5. The van der Waals surface area contributed by atoms with Crippen molar-refractivity contribution in [2.45, 2.75) is 25.7 Å². The van der Waals surface area contributed by atoms with E-state index < -0.39 is 10.0 Å². The van der Waals surface area contributed by atoms with Crippen LogP contribution in [0.2, 0.25) is 0 Å². The van der Waals surface area contributed by atoms with Crippen LogP contribution in [0.3, 0.4) is 0 Å². The van der Waals surface area contributed by atoms with Gasteiger partial charge in [0.1, 0.15) is 15.5 Å². The number of carbonyl (C=O) groups is 1. The first kappa shape index (κ1) is 19.4. The SMILES string of the molecule is CCOc1ccc(NC(=O)c2sc(C)nc2C)cc1S(=O)(=O)N(C)C. The van der Waals surface area contributed by atoms with Gasteiger partial charge < -0.3 is 10.1 Å². The van der Waals surface area contributed by atoms with E-state index in [4.69, 9.17) is 4.74 Å². The largest absolute Gasteiger partial charge is 0.492 e. The number of carbonyl (C=O) groups excluding carboxylic acids is 1. The van der Waals surface area contributed by atoms with Crippen molar-refractivity contribution in [3.05, 3.63) is 33.8 Å². The molecule has 0 radical (unpaired) electrons. The summed E-state index contributed by atoms with van der Waals surface area (Å²) in [6, 6.07) is 4.56. The zero-order chi connectivity index (χ0) is 18.8. The molecule has 25 heavy (non-hydrogen) atoms. The Bertz CT molecular complexity index is 889. The molecule has 9 heteroatoms. The average Bonchev–Trinajstić information content (AvgIpc) is 2.87. The van der Waals surface area contributed by atoms with Crippen LogP contribution in [0.25, 0.3) is 0 Å². The number of sulfonamides is 1. The van der Waals surface area contributed by atoms with Gasteiger partial charge in [0.05, 0.1) is 17.3 Å². The number of hydrogen-bond donors (Lipinski definition) is 1. The summed E-state index contributed by atoms with van der Waals surface area (Å²) in [5.74, 6) is -0.0699. The third kappa shape index (κ3) is 4.17. The Labute approximate surface area is 151 Å². The van der Waals surface area contributed by atoms with Crippen molar-refractivity contribution in [1.82, 2.24) is 9.29 Å². The van der Waals surface area contributed by atoms with Crippen LogP contribution >= 0.6 is 11.3 Å². The first-order valence-electron chi connectivity index (χ1n) is 7.61. The second-order valence-electron chi connectivity index (χ2n) is 5.48.